The molecule has 1 aromatic rings. The van der Waals surface area contributed by atoms with Crippen LogP contribution in [0, 0.1) is 5.92 Å². The van der Waals surface area contributed by atoms with Crippen LogP contribution in [0.4, 0.5) is 0 Å². The van der Waals surface area contributed by atoms with Gasteiger partial charge in [-0.05, 0) is 25.2 Å². The van der Waals surface area contributed by atoms with Gasteiger partial charge in [-0.25, -0.2) is 9.67 Å². The first-order valence-corrected chi connectivity index (χ1v) is 6.02. The van der Waals surface area contributed by atoms with E-state index < -0.39 is 6.10 Å². The van der Waals surface area contributed by atoms with Gasteiger partial charge in [-0.1, -0.05) is 0 Å². The predicted molar refractivity (Wildman–Crippen MR) is 56.8 cm³/mol. The number of hydrogen-bond donors (Lipinski definition) is 1. The van der Waals surface area contributed by atoms with Crippen LogP contribution in [0.25, 0.3) is 0 Å². The second kappa shape index (κ2) is 4.14. The summed E-state index contributed by atoms with van der Waals surface area (Å²) in [5.74, 6) is 2.17. The van der Waals surface area contributed by atoms with Crippen molar-refractivity contribution in [1.82, 2.24) is 14.8 Å². The number of aromatic nitrogens is 3. The van der Waals surface area contributed by atoms with Crippen LogP contribution in [0.1, 0.15) is 37.0 Å². The molecule has 1 fully saturated rings. The molecule has 2 aliphatic rings. The first-order valence-electron chi connectivity index (χ1n) is 6.02. The Labute approximate surface area is 94.4 Å². The molecule has 1 aromatic heterocycles. The lowest BCUT2D eigenvalue weighted by Gasteiger charge is -2.16. The van der Waals surface area contributed by atoms with Gasteiger partial charge in [-0.2, -0.15) is 5.10 Å². The van der Waals surface area contributed by atoms with Crippen LogP contribution < -0.4 is 0 Å². The molecule has 5 nitrogen and oxygen atoms in total. The monoisotopic (exact) mass is 223 g/mol. The summed E-state index contributed by atoms with van der Waals surface area (Å²) in [5, 5.41) is 14.2. The van der Waals surface area contributed by atoms with Crippen molar-refractivity contribution in [2.24, 2.45) is 5.92 Å². The van der Waals surface area contributed by atoms with Gasteiger partial charge in [0.1, 0.15) is 6.10 Å². The Morgan fingerprint density at radius 2 is 2.38 bits per heavy atom. The summed E-state index contributed by atoms with van der Waals surface area (Å²) in [6.45, 7) is 2.58. The quantitative estimate of drug-likeness (QED) is 0.801. The number of aryl methyl sites for hydroxylation is 1. The standard InChI is InChI=1S/C11H17N3O2/c15-9-2-1-4-14-11(9)12-10(13-14)6-8-3-5-16-7-8/h8-9,15H,1-7H2. The average Bonchev–Trinajstić information content (AvgIpc) is 2.88. The van der Waals surface area contributed by atoms with E-state index >= 15 is 0 Å². The Morgan fingerprint density at radius 1 is 1.44 bits per heavy atom. The van der Waals surface area contributed by atoms with Gasteiger partial charge in [-0.15, -0.1) is 0 Å². The average molecular weight is 223 g/mol. The number of nitrogens with zero attached hydrogens (tertiary/aromatic N) is 3. The van der Waals surface area contributed by atoms with Crippen LogP contribution >= 0.6 is 0 Å². The van der Waals surface area contributed by atoms with Crippen LogP contribution in [-0.2, 0) is 17.7 Å². The van der Waals surface area contributed by atoms with E-state index in [-0.39, 0.29) is 0 Å². The fraction of sp³-hybridized carbons (Fsp3) is 0.818. The molecule has 0 aliphatic carbocycles. The predicted octanol–water partition coefficient (Wildman–Crippen LogP) is 0.684. The first-order chi connectivity index (χ1) is 7.83. The molecule has 0 saturated carbocycles. The molecule has 5 heteroatoms. The lowest BCUT2D eigenvalue weighted by Crippen LogP contribution is -2.16. The SMILES string of the molecule is OC1CCCn2nc(CC3CCOC3)nc21. The van der Waals surface area contributed by atoms with Crippen LogP contribution in [0.5, 0.6) is 0 Å². The molecule has 2 unspecified atom stereocenters. The Balaban J connectivity index is 1.75. The number of ether oxygens (including phenoxy) is 1. The highest BCUT2D eigenvalue weighted by Gasteiger charge is 2.24. The molecule has 1 N–H and O–H groups in total. The lowest BCUT2D eigenvalue weighted by molar-refractivity contribution is 0.130. The maximum absolute atomic E-state index is 9.79. The molecular formula is C11H17N3O2. The highest BCUT2D eigenvalue weighted by Crippen LogP contribution is 2.24. The van der Waals surface area contributed by atoms with Crippen molar-refractivity contribution >= 4 is 0 Å². The van der Waals surface area contributed by atoms with Crippen LogP contribution in [-0.4, -0.2) is 33.1 Å². The molecular weight excluding hydrogens is 206 g/mol. The molecule has 0 spiro atoms. The number of hydrogen-bond acceptors (Lipinski definition) is 4. The van der Waals surface area contributed by atoms with Gasteiger partial charge in [-0.3, -0.25) is 0 Å². The minimum Gasteiger partial charge on any atom is -0.385 e. The van der Waals surface area contributed by atoms with Crippen LogP contribution in [0.15, 0.2) is 0 Å². The Bertz CT molecular complexity index is 371. The zero-order valence-corrected chi connectivity index (χ0v) is 9.30. The number of aliphatic hydroxyl groups is 1. The van der Waals surface area contributed by atoms with Crippen LogP contribution in [0.2, 0.25) is 0 Å². The normalized spacial score (nSPS) is 29.3. The number of aliphatic hydroxyl groups excluding tert-OH is 1. The molecule has 2 atom stereocenters. The van der Waals surface area contributed by atoms with Gasteiger partial charge in [0.2, 0.25) is 0 Å². The smallest absolute Gasteiger partial charge is 0.156 e. The van der Waals surface area contributed by atoms with Crippen molar-refractivity contribution in [3.8, 4) is 0 Å². The molecule has 0 amide bonds. The van der Waals surface area contributed by atoms with E-state index in [0.29, 0.717) is 5.92 Å². The zero-order valence-electron chi connectivity index (χ0n) is 9.30. The molecule has 3 heterocycles. The zero-order chi connectivity index (χ0) is 11.0. The second-order valence-electron chi connectivity index (χ2n) is 4.70. The Kier molecular flexibility index (Phi) is 2.65. The third-order valence-corrected chi connectivity index (χ3v) is 3.38. The van der Waals surface area contributed by atoms with Gasteiger partial charge >= 0.3 is 0 Å². The highest BCUT2D eigenvalue weighted by molar-refractivity contribution is 5.00. The van der Waals surface area contributed by atoms with E-state index in [9.17, 15) is 5.11 Å². The van der Waals surface area contributed by atoms with Crippen LogP contribution in [0.3, 0.4) is 0 Å². The summed E-state index contributed by atoms with van der Waals surface area (Å²) in [7, 11) is 0. The van der Waals surface area contributed by atoms with Gasteiger partial charge in [0.25, 0.3) is 0 Å². The van der Waals surface area contributed by atoms with Gasteiger partial charge in [0.15, 0.2) is 11.6 Å². The van der Waals surface area contributed by atoms with E-state index in [2.05, 4.69) is 10.1 Å². The van der Waals surface area contributed by atoms with E-state index in [1.54, 1.807) is 0 Å². The van der Waals surface area contributed by atoms with Gasteiger partial charge < -0.3 is 9.84 Å². The summed E-state index contributed by atoms with van der Waals surface area (Å²) >= 11 is 0. The summed E-state index contributed by atoms with van der Waals surface area (Å²) < 4.78 is 7.20. The van der Waals surface area contributed by atoms with E-state index in [1.807, 2.05) is 4.68 Å². The first kappa shape index (κ1) is 10.2. The van der Waals surface area contributed by atoms with Crippen molar-refractivity contribution in [2.45, 2.75) is 38.3 Å². The van der Waals surface area contributed by atoms with Crippen molar-refractivity contribution in [3.63, 3.8) is 0 Å². The molecule has 0 bridgehead atoms. The minimum absolute atomic E-state index is 0.421. The Hall–Kier alpha value is -0.940. The Morgan fingerprint density at radius 3 is 3.12 bits per heavy atom. The molecule has 1 saturated heterocycles. The fourth-order valence-corrected chi connectivity index (χ4v) is 2.47. The topological polar surface area (TPSA) is 60.2 Å². The van der Waals surface area contributed by atoms with Crippen molar-refractivity contribution in [2.75, 3.05) is 13.2 Å². The highest BCUT2D eigenvalue weighted by atomic mass is 16.5. The summed E-state index contributed by atoms with van der Waals surface area (Å²) in [6, 6.07) is 0. The molecule has 3 rings (SSSR count). The summed E-state index contributed by atoms with van der Waals surface area (Å²) in [4.78, 5) is 4.44. The number of fused-ring (bicyclic) bond motifs is 1. The molecule has 88 valence electrons. The maximum Gasteiger partial charge on any atom is 0.156 e. The van der Waals surface area contributed by atoms with Crippen molar-refractivity contribution in [3.05, 3.63) is 11.6 Å². The van der Waals surface area contributed by atoms with Crippen molar-refractivity contribution in [1.29, 1.82) is 0 Å². The minimum atomic E-state index is -0.421. The number of rotatable bonds is 2. The van der Waals surface area contributed by atoms with Gasteiger partial charge in [0, 0.05) is 26.2 Å². The molecule has 0 radical (unpaired) electrons. The van der Waals surface area contributed by atoms with E-state index in [1.165, 1.54) is 0 Å². The van der Waals surface area contributed by atoms with Crippen molar-refractivity contribution < 1.29 is 9.84 Å². The molecule has 16 heavy (non-hydrogen) atoms. The maximum atomic E-state index is 9.79. The summed E-state index contributed by atoms with van der Waals surface area (Å²) in [5.41, 5.74) is 0. The van der Waals surface area contributed by atoms with Gasteiger partial charge in [0.05, 0.1) is 0 Å². The largest absolute Gasteiger partial charge is 0.385 e. The van der Waals surface area contributed by atoms with E-state index in [4.69, 9.17) is 4.74 Å². The third kappa shape index (κ3) is 1.85. The molecule has 2 aliphatic heterocycles. The van der Waals surface area contributed by atoms with E-state index in [0.717, 1.165) is 57.1 Å². The lowest BCUT2D eigenvalue weighted by atomic mass is 10.1. The second-order valence-corrected chi connectivity index (χ2v) is 4.70. The molecule has 0 aromatic carbocycles. The summed E-state index contributed by atoms with van der Waals surface area (Å²) in [6.07, 6.45) is 3.36. The third-order valence-electron chi connectivity index (χ3n) is 3.38. The fourth-order valence-electron chi connectivity index (χ4n) is 2.47.